The van der Waals surface area contributed by atoms with Gasteiger partial charge in [-0.25, -0.2) is 4.98 Å². The third-order valence-corrected chi connectivity index (χ3v) is 4.23. The molecule has 25 heavy (non-hydrogen) atoms. The predicted molar refractivity (Wildman–Crippen MR) is 99.5 cm³/mol. The maximum Gasteiger partial charge on any atom is 0.226 e. The van der Waals surface area contributed by atoms with Gasteiger partial charge in [0.1, 0.15) is 6.26 Å². The summed E-state index contributed by atoms with van der Waals surface area (Å²) in [5, 5.41) is 2.98. The van der Waals surface area contributed by atoms with Gasteiger partial charge >= 0.3 is 0 Å². The van der Waals surface area contributed by atoms with Gasteiger partial charge in [0.05, 0.1) is 5.69 Å². The van der Waals surface area contributed by atoms with Gasteiger partial charge in [-0.3, -0.25) is 4.79 Å². The fourth-order valence-electron chi connectivity index (χ4n) is 2.80. The van der Waals surface area contributed by atoms with Gasteiger partial charge in [-0.05, 0) is 43.0 Å². The number of hydrogen-bond acceptors (Lipinski definition) is 3. The van der Waals surface area contributed by atoms with Crippen LogP contribution in [0.2, 0.25) is 0 Å². The summed E-state index contributed by atoms with van der Waals surface area (Å²) in [6.07, 6.45) is 2.06. The van der Waals surface area contributed by atoms with Gasteiger partial charge in [0.15, 0.2) is 0 Å². The molecule has 0 aliphatic rings. The van der Waals surface area contributed by atoms with E-state index in [1.54, 1.807) is 6.26 Å². The Morgan fingerprint density at radius 2 is 1.92 bits per heavy atom. The van der Waals surface area contributed by atoms with Gasteiger partial charge in [0, 0.05) is 17.7 Å². The molecule has 0 bridgehead atoms. The maximum atomic E-state index is 12.4. The molecule has 1 aromatic heterocycles. The smallest absolute Gasteiger partial charge is 0.226 e. The average Bonchev–Trinajstić information content (AvgIpc) is 3.03. The molecule has 4 nitrogen and oxygen atoms in total. The zero-order chi connectivity index (χ0) is 17.8. The Labute approximate surface area is 147 Å². The van der Waals surface area contributed by atoms with Crippen LogP contribution in [0.4, 0.5) is 5.69 Å². The number of aryl methyl sites for hydroxylation is 2. The van der Waals surface area contributed by atoms with E-state index in [1.807, 2.05) is 62.4 Å². The van der Waals surface area contributed by atoms with E-state index in [9.17, 15) is 4.79 Å². The van der Waals surface area contributed by atoms with Crippen LogP contribution in [0.25, 0.3) is 11.5 Å². The molecule has 0 radical (unpaired) electrons. The lowest BCUT2D eigenvalue weighted by molar-refractivity contribution is -0.116. The molecule has 0 fully saturated rings. The van der Waals surface area contributed by atoms with Crippen LogP contribution in [-0.4, -0.2) is 10.9 Å². The van der Waals surface area contributed by atoms with Crippen LogP contribution in [0.1, 0.15) is 36.1 Å². The molecule has 0 aliphatic carbocycles. The zero-order valence-corrected chi connectivity index (χ0v) is 14.7. The van der Waals surface area contributed by atoms with Crippen LogP contribution in [-0.2, 0) is 4.79 Å². The fraction of sp³-hybridized carbons (Fsp3) is 0.238. The first kappa shape index (κ1) is 17.0. The highest BCUT2D eigenvalue weighted by Gasteiger charge is 2.13. The van der Waals surface area contributed by atoms with Gasteiger partial charge in [-0.1, -0.05) is 43.3 Å². The van der Waals surface area contributed by atoms with Crippen LogP contribution in [0.3, 0.4) is 0 Å². The van der Waals surface area contributed by atoms with Crippen molar-refractivity contribution in [2.45, 2.75) is 33.1 Å². The first-order valence-electron chi connectivity index (χ1n) is 8.41. The molecule has 3 aromatic rings. The monoisotopic (exact) mass is 334 g/mol. The number of rotatable bonds is 5. The predicted octanol–water partition coefficient (Wildman–Crippen LogP) is 5.09. The Balaban J connectivity index is 1.71. The Hall–Kier alpha value is -2.88. The quantitative estimate of drug-likeness (QED) is 0.707. The van der Waals surface area contributed by atoms with Crippen molar-refractivity contribution in [3.63, 3.8) is 0 Å². The van der Waals surface area contributed by atoms with Gasteiger partial charge < -0.3 is 9.73 Å². The van der Waals surface area contributed by atoms with Crippen LogP contribution in [0.15, 0.2) is 59.2 Å². The van der Waals surface area contributed by atoms with Gasteiger partial charge in [0.25, 0.3) is 0 Å². The minimum absolute atomic E-state index is 0.00487. The molecule has 0 saturated carbocycles. The second-order valence-electron chi connectivity index (χ2n) is 6.39. The second-order valence-corrected chi connectivity index (χ2v) is 6.39. The molecule has 1 amide bonds. The van der Waals surface area contributed by atoms with Crippen molar-refractivity contribution in [3.8, 4) is 11.5 Å². The number of amides is 1. The lowest BCUT2D eigenvalue weighted by Crippen LogP contribution is -2.14. The summed E-state index contributed by atoms with van der Waals surface area (Å²) in [7, 11) is 0. The maximum absolute atomic E-state index is 12.4. The average molecular weight is 334 g/mol. The van der Waals surface area contributed by atoms with Crippen molar-refractivity contribution in [1.29, 1.82) is 0 Å². The number of nitrogens with one attached hydrogen (secondary N) is 1. The van der Waals surface area contributed by atoms with Gasteiger partial charge in [0.2, 0.25) is 11.8 Å². The van der Waals surface area contributed by atoms with Crippen molar-refractivity contribution < 1.29 is 9.21 Å². The van der Waals surface area contributed by atoms with E-state index in [0.717, 1.165) is 28.1 Å². The molecule has 128 valence electrons. The fourth-order valence-corrected chi connectivity index (χ4v) is 2.80. The normalized spacial score (nSPS) is 12.0. The zero-order valence-electron chi connectivity index (χ0n) is 14.7. The molecule has 4 heteroatoms. The Bertz CT molecular complexity index is 869. The first-order chi connectivity index (χ1) is 12.0. The number of carbonyl (C=O) groups is 1. The van der Waals surface area contributed by atoms with E-state index in [1.165, 1.54) is 0 Å². The van der Waals surface area contributed by atoms with Crippen LogP contribution in [0.5, 0.6) is 0 Å². The standard InChI is InChI=1S/C21H22N2O2/c1-14-9-10-18(12-19(14)21-22-16(3)13-25-21)23-20(24)11-15(2)17-7-5-4-6-8-17/h4-10,12-13,15H,11H2,1-3H3,(H,23,24)/t15-/m0/s1. The number of benzene rings is 2. The van der Waals surface area contributed by atoms with Crippen molar-refractivity contribution in [2.75, 3.05) is 5.32 Å². The van der Waals surface area contributed by atoms with E-state index in [0.29, 0.717) is 12.3 Å². The Kier molecular flexibility index (Phi) is 4.98. The van der Waals surface area contributed by atoms with Gasteiger partial charge in [-0.15, -0.1) is 0 Å². The molecule has 2 aromatic carbocycles. The summed E-state index contributed by atoms with van der Waals surface area (Å²) < 4.78 is 5.49. The molecule has 0 aliphatic heterocycles. The van der Waals surface area contributed by atoms with Crippen molar-refractivity contribution in [1.82, 2.24) is 4.98 Å². The highest BCUT2D eigenvalue weighted by Crippen LogP contribution is 2.26. The SMILES string of the molecule is Cc1coc(-c2cc(NC(=O)C[C@H](C)c3ccccc3)ccc2C)n1. The highest BCUT2D eigenvalue weighted by atomic mass is 16.3. The summed E-state index contributed by atoms with van der Waals surface area (Å²) in [4.78, 5) is 16.8. The molecule has 0 spiro atoms. The molecule has 1 heterocycles. The topological polar surface area (TPSA) is 55.1 Å². The van der Waals surface area contributed by atoms with E-state index in [2.05, 4.69) is 17.2 Å². The number of carbonyl (C=O) groups excluding carboxylic acids is 1. The van der Waals surface area contributed by atoms with E-state index < -0.39 is 0 Å². The van der Waals surface area contributed by atoms with Crippen molar-refractivity contribution in [2.24, 2.45) is 0 Å². The molecular formula is C21H22N2O2. The summed E-state index contributed by atoms with van der Waals surface area (Å²) >= 11 is 0. The molecule has 1 N–H and O–H groups in total. The molecule has 0 saturated heterocycles. The molecule has 0 unspecified atom stereocenters. The number of anilines is 1. The highest BCUT2D eigenvalue weighted by molar-refractivity contribution is 5.92. The van der Waals surface area contributed by atoms with E-state index in [4.69, 9.17) is 4.42 Å². The summed E-state index contributed by atoms with van der Waals surface area (Å²) in [6, 6.07) is 15.8. The number of aromatic nitrogens is 1. The summed E-state index contributed by atoms with van der Waals surface area (Å²) in [6.45, 7) is 5.95. The third kappa shape index (κ3) is 4.15. The van der Waals surface area contributed by atoms with Crippen LogP contribution >= 0.6 is 0 Å². The lowest BCUT2D eigenvalue weighted by Gasteiger charge is -2.13. The largest absolute Gasteiger partial charge is 0.444 e. The second kappa shape index (κ2) is 7.34. The number of oxazole rings is 1. The first-order valence-corrected chi connectivity index (χ1v) is 8.41. The Morgan fingerprint density at radius 1 is 1.16 bits per heavy atom. The minimum Gasteiger partial charge on any atom is -0.444 e. The molecule has 3 rings (SSSR count). The minimum atomic E-state index is -0.00487. The lowest BCUT2D eigenvalue weighted by atomic mass is 9.97. The number of hydrogen-bond donors (Lipinski definition) is 1. The van der Waals surface area contributed by atoms with E-state index in [-0.39, 0.29) is 11.8 Å². The van der Waals surface area contributed by atoms with Gasteiger partial charge in [-0.2, -0.15) is 0 Å². The summed E-state index contributed by atoms with van der Waals surface area (Å²) in [5.41, 5.74) is 4.69. The van der Waals surface area contributed by atoms with Crippen LogP contribution < -0.4 is 5.32 Å². The number of nitrogens with zero attached hydrogens (tertiary/aromatic N) is 1. The summed E-state index contributed by atoms with van der Waals surface area (Å²) in [5.74, 6) is 0.735. The van der Waals surface area contributed by atoms with Crippen molar-refractivity contribution >= 4 is 11.6 Å². The third-order valence-electron chi connectivity index (χ3n) is 4.23. The van der Waals surface area contributed by atoms with Crippen LogP contribution in [0, 0.1) is 13.8 Å². The van der Waals surface area contributed by atoms with Crippen molar-refractivity contribution in [3.05, 3.63) is 71.6 Å². The molecular weight excluding hydrogens is 312 g/mol. The van der Waals surface area contributed by atoms with E-state index >= 15 is 0 Å². The Morgan fingerprint density at radius 3 is 2.60 bits per heavy atom. The molecule has 1 atom stereocenters.